The van der Waals surface area contributed by atoms with E-state index >= 15 is 0 Å². The van der Waals surface area contributed by atoms with Crippen molar-refractivity contribution in [3.05, 3.63) is 12.2 Å². The average Bonchev–Trinajstić information content (AvgIpc) is 2.31. The predicted molar refractivity (Wildman–Crippen MR) is 65.2 cm³/mol. The molecule has 0 aromatic heterocycles. The number of nitrogens with zero attached hydrogens (tertiary/aromatic N) is 1. The number of piperazine rings is 1. The molecular weight excluding hydrogens is 200 g/mol. The van der Waals surface area contributed by atoms with Crippen LogP contribution in [-0.4, -0.2) is 36.0 Å². The topological polar surface area (TPSA) is 32.3 Å². The van der Waals surface area contributed by atoms with Crippen LogP contribution < -0.4 is 5.32 Å². The van der Waals surface area contributed by atoms with Crippen LogP contribution in [0.1, 0.15) is 39.0 Å². The van der Waals surface area contributed by atoms with Crippen LogP contribution in [0.4, 0.5) is 0 Å². The van der Waals surface area contributed by atoms with Crippen molar-refractivity contribution in [2.45, 2.75) is 44.6 Å². The molecule has 2 rings (SSSR count). The summed E-state index contributed by atoms with van der Waals surface area (Å²) in [6.45, 7) is 4.69. The van der Waals surface area contributed by atoms with Crippen LogP contribution in [0.5, 0.6) is 0 Å². The van der Waals surface area contributed by atoms with Gasteiger partial charge in [-0.3, -0.25) is 4.79 Å². The Morgan fingerprint density at radius 2 is 2.06 bits per heavy atom. The number of rotatable bonds is 1. The minimum Gasteiger partial charge on any atom is -0.331 e. The molecule has 0 aromatic rings. The maximum absolute atomic E-state index is 12.1. The van der Waals surface area contributed by atoms with Gasteiger partial charge in [-0.15, -0.1) is 0 Å². The minimum atomic E-state index is 0.118. The second kappa shape index (κ2) is 5.00. The Kier molecular flexibility index (Phi) is 3.64. The number of carbonyl (C=O) groups excluding carboxylic acids is 1. The van der Waals surface area contributed by atoms with E-state index in [1.165, 1.54) is 32.1 Å². The fourth-order valence-corrected chi connectivity index (χ4v) is 3.08. The summed E-state index contributed by atoms with van der Waals surface area (Å²) in [5.74, 6) is 0.200. The monoisotopic (exact) mass is 222 g/mol. The van der Waals surface area contributed by atoms with E-state index < -0.39 is 0 Å². The molecule has 1 saturated carbocycles. The number of hydrogen-bond donors (Lipinski definition) is 1. The molecule has 1 amide bonds. The number of amides is 1. The second-order valence-corrected chi connectivity index (χ2v) is 4.95. The molecule has 1 heterocycles. The summed E-state index contributed by atoms with van der Waals surface area (Å²) in [7, 11) is 0. The normalized spacial score (nSPS) is 25.2. The number of hydrogen-bond acceptors (Lipinski definition) is 2. The molecule has 3 heteroatoms. The molecule has 1 aliphatic carbocycles. The van der Waals surface area contributed by atoms with Crippen molar-refractivity contribution < 1.29 is 4.79 Å². The van der Waals surface area contributed by atoms with Gasteiger partial charge in [-0.2, -0.15) is 0 Å². The van der Waals surface area contributed by atoms with E-state index in [0.29, 0.717) is 0 Å². The Balaban J connectivity index is 2.15. The van der Waals surface area contributed by atoms with Gasteiger partial charge in [-0.1, -0.05) is 25.3 Å². The maximum Gasteiger partial charge on any atom is 0.246 e. The van der Waals surface area contributed by atoms with Gasteiger partial charge in [-0.25, -0.2) is 0 Å². The molecule has 90 valence electrons. The first kappa shape index (κ1) is 11.6. The van der Waals surface area contributed by atoms with E-state index in [4.69, 9.17) is 0 Å². The van der Waals surface area contributed by atoms with Crippen LogP contribution in [-0.2, 0) is 4.79 Å². The maximum atomic E-state index is 12.1. The zero-order chi connectivity index (χ0) is 11.4. The first-order chi connectivity index (χ1) is 7.78. The van der Waals surface area contributed by atoms with Crippen LogP contribution in [0.15, 0.2) is 12.2 Å². The van der Waals surface area contributed by atoms with Crippen LogP contribution >= 0.6 is 0 Å². The fourth-order valence-electron chi connectivity index (χ4n) is 3.08. The number of allylic oxidation sites excluding steroid dienone is 1. The van der Waals surface area contributed by atoms with Crippen LogP contribution in [0.3, 0.4) is 0 Å². The quantitative estimate of drug-likeness (QED) is 0.685. The van der Waals surface area contributed by atoms with E-state index in [-0.39, 0.29) is 11.4 Å². The average molecular weight is 222 g/mol. The third kappa shape index (κ3) is 2.14. The summed E-state index contributed by atoms with van der Waals surface area (Å²) in [5, 5.41) is 3.45. The van der Waals surface area contributed by atoms with Gasteiger partial charge in [0.25, 0.3) is 0 Å². The molecule has 0 radical (unpaired) electrons. The molecule has 0 bridgehead atoms. The van der Waals surface area contributed by atoms with E-state index in [1.54, 1.807) is 6.08 Å². The summed E-state index contributed by atoms with van der Waals surface area (Å²) in [5.41, 5.74) is 0.118. The molecule has 3 nitrogen and oxygen atoms in total. The third-order valence-electron chi connectivity index (χ3n) is 3.90. The lowest BCUT2D eigenvalue weighted by Gasteiger charge is -2.49. The highest BCUT2D eigenvalue weighted by Crippen LogP contribution is 2.34. The van der Waals surface area contributed by atoms with Crippen molar-refractivity contribution in [1.82, 2.24) is 10.2 Å². The third-order valence-corrected chi connectivity index (χ3v) is 3.90. The van der Waals surface area contributed by atoms with Gasteiger partial charge in [0.2, 0.25) is 5.91 Å². The van der Waals surface area contributed by atoms with Crippen molar-refractivity contribution in [2.75, 3.05) is 19.6 Å². The Morgan fingerprint density at radius 1 is 1.31 bits per heavy atom. The van der Waals surface area contributed by atoms with Gasteiger partial charge in [0.05, 0.1) is 5.54 Å². The Labute approximate surface area is 97.9 Å². The zero-order valence-electron chi connectivity index (χ0n) is 10.2. The standard InChI is InChI=1S/C13H22N2O/c1-2-6-12(16)15-10-9-14-11-13(15)7-4-3-5-8-13/h2,6,14H,3-5,7-11H2,1H3/b6-2+. The number of nitrogens with one attached hydrogen (secondary N) is 1. The van der Waals surface area contributed by atoms with Crippen molar-refractivity contribution in [3.63, 3.8) is 0 Å². The predicted octanol–water partition coefficient (Wildman–Crippen LogP) is 1.70. The lowest BCUT2D eigenvalue weighted by atomic mass is 9.79. The molecule has 16 heavy (non-hydrogen) atoms. The van der Waals surface area contributed by atoms with Gasteiger partial charge in [0.1, 0.15) is 0 Å². The Bertz CT molecular complexity index is 271. The van der Waals surface area contributed by atoms with Gasteiger partial charge < -0.3 is 10.2 Å². The smallest absolute Gasteiger partial charge is 0.246 e. The zero-order valence-corrected chi connectivity index (χ0v) is 10.2. The SMILES string of the molecule is C/C=C/C(=O)N1CCNCC12CCCCC2. The van der Waals surface area contributed by atoms with Gasteiger partial charge in [0, 0.05) is 19.6 Å². The molecule has 1 N–H and O–H groups in total. The number of carbonyl (C=O) groups is 1. The summed E-state index contributed by atoms with van der Waals surface area (Å²) >= 11 is 0. The molecule has 1 spiro atoms. The van der Waals surface area contributed by atoms with E-state index in [9.17, 15) is 4.79 Å². The van der Waals surface area contributed by atoms with Gasteiger partial charge >= 0.3 is 0 Å². The summed E-state index contributed by atoms with van der Waals surface area (Å²) < 4.78 is 0. The van der Waals surface area contributed by atoms with Crippen molar-refractivity contribution >= 4 is 5.91 Å². The van der Waals surface area contributed by atoms with Crippen LogP contribution in [0.25, 0.3) is 0 Å². The molecule has 0 aromatic carbocycles. The molecular formula is C13H22N2O. The first-order valence-corrected chi connectivity index (χ1v) is 6.43. The Hall–Kier alpha value is -0.830. The van der Waals surface area contributed by atoms with E-state index in [1.807, 2.05) is 13.0 Å². The van der Waals surface area contributed by atoms with E-state index in [0.717, 1.165) is 19.6 Å². The van der Waals surface area contributed by atoms with Crippen molar-refractivity contribution in [3.8, 4) is 0 Å². The highest BCUT2D eigenvalue weighted by atomic mass is 16.2. The molecule has 2 fully saturated rings. The molecule has 1 saturated heterocycles. The lowest BCUT2D eigenvalue weighted by molar-refractivity contribution is -0.135. The largest absolute Gasteiger partial charge is 0.331 e. The van der Waals surface area contributed by atoms with Crippen molar-refractivity contribution in [1.29, 1.82) is 0 Å². The second-order valence-electron chi connectivity index (χ2n) is 4.95. The first-order valence-electron chi connectivity index (χ1n) is 6.43. The van der Waals surface area contributed by atoms with E-state index in [2.05, 4.69) is 10.2 Å². The summed E-state index contributed by atoms with van der Waals surface area (Å²) in [6, 6.07) is 0. The Morgan fingerprint density at radius 3 is 2.75 bits per heavy atom. The van der Waals surface area contributed by atoms with Gasteiger partial charge in [-0.05, 0) is 25.8 Å². The fraction of sp³-hybridized carbons (Fsp3) is 0.769. The lowest BCUT2D eigenvalue weighted by Crippen LogP contribution is -2.63. The minimum absolute atomic E-state index is 0.118. The highest BCUT2D eigenvalue weighted by molar-refractivity contribution is 5.88. The van der Waals surface area contributed by atoms with Crippen LogP contribution in [0.2, 0.25) is 0 Å². The summed E-state index contributed by atoms with van der Waals surface area (Å²) in [4.78, 5) is 14.2. The molecule has 0 atom stereocenters. The summed E-state index contributed by atoms with van der Waals surface area (Å²) in [6.07, 6.45) is 9.76. The van der Waals surface area contributed by atoms with Crippen molar-refractivity contribution in [2.24, 2.45) is 0 Å². The highest BCUT2D eigenvalue weighted by Gasteiger charge is 2.41. The molecule has 1 aliphatic heterocycles. The van der Waals surface area contributed by atoms with Gasteiger partial charge in [0.15, 0.2) is 0 Å². The van der Waals surface area contributed by atoms with Crippen LogP contribution in [0, 0.1) is 0 Å². The molecule has 2 aliphatic rings. The molecule has 0 unspecified atom stereocenters.